The lowest BCUT2D eigenvalue weighted by Crippen LogP contribution is -2.15. The number of benzene rings is 2. The number of nitro groups is 1. The van der Waals surface area contributed by atoms with Gasteiger partial charge in [-0.2, -0.15) is 0 Å². The topological polar surface area (TPSA) is 90.7 Å². The van der Waals surface area contributed by atoms with Crippen molar-refractivity contribution in [3.8, 4) is 0 Å². The first-order valence-electron chi connectivity index (χ1n) is 7.80. The van der Waals surface area contributed by atoms with Gasteiger partial charge in [0, 0.05) is 31.5 Å². The zero-order valence-electron chi connectivity index (χ0n) is 14.1. The lowest BCUT2D eigenvalue weighted by molar-refractivity contribution is -0.384. The molecule has 7 nitrogen and oxygen atoms in total. The van der Waals surface area contributed by atoms with Crippen molar-refractivity contribution in [2.75, 3.05) is 25.6 Å². The molecule has 0 bridgehead atoms. The van der Waals surface area contributed by atoms with Crippen LogP contribution < -0.4 is 5.32 Å². The monoisotopic (exact) mass is 344 g/mol. The van der Waals surface area contributed by atoms with Gasteiger partial charge in [-0.3, -0.25) is 10.1 Å². The van der Waals surface area contributed by atoms with Crippen molar-refractivity contribution >= 4 is 17.3 Å². The molecule has 0 heterocycles. The minimum Gasteiger partial charge on any atom is -0.454 e. The Hall–Kier alpha value is -2.93. The number of hydrogen-bond acceptors (Lipinski definition) is 6. The number of hydrogen-bond donors (Lipinski definition) is 1. The second-order valence-electron chi connectivity index (χ2n) is 5.36. The van der Waals surface area contributed by atoms with Gasteiger partial charge in [0.25, 0.3) is 5.69 Å². The van der Waals surface area contributed by atoms with E-state index in [4.69, 9.17) is 9.47 Å². The lowest BCUT2D eigenvalue weighted by atomic mass is 10.1. The molecule has 2 rings (SSSR count). The largest absolute Gasteiger partial charge is 0.454 e. The maximum absolute atomic E-state index is 12.5. The average molecular weight is 344 g/mol. The Bertz CT molecular complexity index is 734. The summed E-state index contributed by atoms with van der Waals surface area (Å²) in [6, 6.07) is 13.3. The van der Waals surface area contributed by atoms with Crippen LogP contribution in [0.1, 0.15) is 28.9 Å². The highest BCUT2D eigenvalue weighted by molar-refractivity contribution is 5.96. The van der Waals surface area contributed by atoms with Crippen LogP contribution in [0.3, 0.4) is 0 Å². The van der Waals surface area contributed by atoms with Gasteiger partial charge in [-0.15, -0.1) is 0 Å². The molecule has 0 aliphatic heterocycles. The van der Waals surface area contributed by atoms with Crippen molar-refractivity contribution in [3.05, 3.63) is 69.8 Å². The van der Waals surface area contributed by atoms with Crippen molar-refractivity contribution < 1.29 is 19.2 Å². The molecule has 7 heteroatoms. The summed E-state index contributed by atoms with van der Waals surface area (Å²) in [5.74, 6) is -0.625. The molecule has 0 aliphatic carbocycles. The minimum atomic E-state index is -0.625. The van der Waals surface area contributed by atoms with E-state index in [0.29, 0.717) is 18.8 Å². The Balaban J connectivity index is 2.22. The molecule has 0 amide bonds. The smallest absolute Gasteiger partial charge is 0.341 e. The van der Waals surface area contributed by atoms with Crippen LogP contribution in [0.25, 0.3) is 0 Å². The number of esters is 1. The fourth-order valence-electron chi connectivity index (χ4n) is 2.27. The van der Waals surface area contributed by atoms with Gasteiger partial charge < -0.3 is 14.8 Å². The van der Waals surface area contributed by atoms with E-state index in [2.05, 4.69) is 5.32 Å². The van der Waals surface area contributed by atoms with E-state index in [9.17, 15) is 14.9 Å². The fraction of sp³-hybridized carbons (Fsp3) is 0.278. The summed E-state index contributed by atoms with van der Waals surface area (Å²) in [5.41, 5.74) is 1.26. The Labute approximate surface area is 145 Å². The number of ether oxygens (including phenoxy) is 2. The number of non-ortho nitro benzene ring substituents is 1. The summed E-state index contributed by atoms with van der Waals surface area (Å²) in [4.78, 5) is 23.0. The van der Waals surface area contributed by atoms with Crippen molar-refractivity contribution in [2.45, 2.75) is 13.0 Å². The summed E-state index contributed by atoms with van der Waals surface area (Å²) in [5, 5.41) is 14.0. The molecule has 2 aromatic carbocycles. The number of nitrogens with zero attached hydrogens (tertiary/aromatic N) is 1. The molecule has 0 aromatic heterocycles. The molecule has 0 radical (unpaired) electrons. The quantitative estimate of drug-likeness (QED) is 0.341. The Morgan fingerprint density at radius 2 is 1.96 bits per heavy atom. The first-order chi connectivity index (χ1) is 12.0. The predicted molar refractivity (Wildman–Crippen MR) is 93.7 cm³/mol. The van der Waals surface area contributed by atoms with E-state index in [-0.39, 0.29) is 11.3 Å². The van der Waals surface area contributed by atoms with Crippen LogP contribution in [0.5, 0.6) is 0 Å². The molecule has 1 atom stereocenters. The van der Waals surface area contributed by atoms with Gasteiger partial charge in [-0.1, -0.05) is 30.3 Å². The van der Waals surface area contributed by atoms with Crippen LogP contribution in [-0.4, -0.2) is 31.2 Å². The average Bonchev–Trinajstić information content (AvgIpc) is 2.62. The van der Waals surface area contributed by atoms with Gasteiger partial charge in [0.1, 0.15) is 6.10 Å². The Kier molecular flexibility index (Phi) is 6.47. The molecule has 0 aliphatic rings. The minimum absolute atomic E-state index is 0.119. The van der Waals surface area contributed by atoms with Gasteiger partial charge >= 0.3 is 5.97 Å². The zero-order valence-corrected chi connectivity index (χ0v) is 14.1. The first-order valence-corrected chi connectivity index (χ1v) is 7.80. The van der Waals surface area contributed by atoms with Crippen LogP contribution in [-0.2, 0) is 9.47 Å². The number of nitrogens with one attached hydrogen (secondary N) is 1. The molecule has 0 spiro atoms. The highest BCUT2D eigenvalue weighted by Crippen LogP contribution is 2.25. The van der Waals surface area contributed by atoms with Gasteiger partial charge in [0.15, 0.2) is 0 Å². The molecule has 2 aromatic rings. The van der Waals surface area contributed by atoms with Crippen LogP contribution in [0.2, 0.25) is 0 Å². The summed E-state index contributed by atoms with van der Waals surface area (Å²) in [6.07, 6.45) is -0.472. The molecular formula is C18H20N2O5. The van der Waals surface area contributed by atoms with Crippen molar-refractivity contribution in [1.29, 1.82) is 0 Å². The third kappa shape index (κ3) is 5.02. The van der Waals surface area contributed by atoms with Crippen LogP contribution in [0, 0.1) is 10.1 Å². The number of methoxy groups -OCH3 is 1. The van der Waals surface area contributed by atoms with Gasteiger partial charge in [0.05, 0.1) is 17.1 Å². The predicted octanol–water partition coefficient (Wildman–Crippen LogP) is 3.57. The number of anilines is 1. The molecule has 132 valence electrons. The Morgan fingerprint density at radius 3 is 2.60 bits per heavy atom. The first kappa shape index (κ1) is 18.4. The van der Waals surface area contributed by atoms with E-state index in [0.717, 1.165) is 5.56 Å². The molecule has 0 unspecified atom stereocenters. The highest BCUT2D eigenvalue weighted by Gasteiger charge is 2.20. The van der Waals surface area contributed by atoms with E-state index in [1.165, 1.54) is 18.2 Å². The molecule has 1 N–H and O–H groups in total. The van der Waals surface area contributed by atoms with E-state index < -0.39 is 17.0 Å². The molecule has 0 fully saturated rings. The molecule has 0 saturated carbocycles. The van der Waals surface area contributed by atoms with E-state index in [1.54, 1.807) is 14.0 Å². The standard InChI is InChI=1S/C18H20N2O5/c1-13(14-6-4-3-5-7-14)25-18(21)16-12-15(20(22)23)8-9-17(16)19-10-11-24-2/h3-9,12-13,19H,10-11H2,1-2H3/t13-/m1/s1. The maximum atomic E-state index is 12.5. The molecule has 25 heavy (non-hydrogen) atoms. The van der Waals surface area contributed by atoms with Crippen LogP contribution in [0.15, 0.2) is 48.5 Å². The second kappa shape index (κ2) is 8.79. The maximum Gasteiger partial charge on any atom is 0.341 e. The summed E-state index contributed by atoms with van der Waals surface area (Å²) < 4.78 is 10.4. The van der Waals surface area contributed by atoms with Crippen LogP contribution >= 0.6 is 0 Å². The number of nitro benzene ring substituents is 1. The number of rotatable bonds is 8. The fourth-order valence-corrected chi connectivity index (χ4v) is 2.27. The zero-order chi connectivity index (χ0) is 18.2. The van der Waals surface area contributed by atoms with Crippen molar-refractivity contribution in [2.24, 2.45) is 0 Å². The Morgan fingerprint density at radius 1 is 1.24 bits per heavy atom. The van der Waals surface area contributed by atoms with Gasteiger partial charge in [-0.25, -0.2) is 4.79 Å². The van der Waals surface area contributed by atoms with E-state index >= 15 is 0 Å². The van der Waals surface area contributed by atoms with Crippen molar-refractivity contribution in [1.82, 2.24) is 0 Å². The number of carbonyl (C=O) groups excluding carboxylic acids is 1. The normalized spacial score (nSPS) is 11.6. The third-order valence-corrected chi connectivity index (χ3v) is 3.61. The van der Waals surface area contributed by atoms with E-state index in [1.807, 2.05) is 30.3 Å². The summed E-state index contributed by atoms with van der Waals surface area (Å²) >= 11 is 0. The van der Waals surface area contributed by atoms with Gasteiger partial charge in [0.2, 0.25) is 0 Å². The molecule has 0 saturated heterocycles. The number of carbonyl (C=O) groups is 1. The lowest BCUT2D eigenvalue weighted by Gasteiger charge is -2.16. The SMILES string of the molecule is COCCNc1ccc([N+](=O)[O-])cc1C(=O)O[C@H](C)c1ccccc1. The van der Waals surface area contributed by atoms with Gasteiger partial charge in [-0.05, 0) is 18.6 Å². The second-order valence-corrected chi connectivity index (χ2v) is 5.36. The molecular weight excluding hydrogens is 324 g/mol. The van der Waals surface area contributed by atoms with Crippen LogP contribution in [0.4, 0.5) is 11.4 Å². The summed E-state index contributed by atoms with van der Waals surface area (Å²) in [6.45, 7) is 2.65. The third-order valence-electron chi connectivity index (χ3n) is 3.61. The highest BCUT2D eigenvalue weighted by atomic mass is 16.6. The summed E-state index contributed by atoms with van der Waals surface area (Å²) in [7, 11) is 1.56. The van der Waals surface area contributed by atoms with Crippen molar-refractivity contribution in [3.63, 3.8) is 0 Å².